The lowest BCUT2D eigenvalue weighted by Crippen LogP contribution is -2.04. The summed E-state index contributed by atoms with van der Waals surface area (Å²) in [6.45, 7) is 0.287. The third-order valence-corrected chi connectivity index (χ3v) is 4.69. The maximum Gasteiger partial charge on any atom is 0.169 e. The van der Waals surface area contributed by atoms with Gasteiger partial charge in [-0.2, -0.15) is 10.4 Å². The lowest BCUT2D eigenvalue weighted by atomic mass is 10.1. The zero-order valence-corrected chi connectivity index (χ0v) is 15.8. The van der Waals surface area contributed by atoms with Crippen molar-refractivity contribution in [2.24, 2.45) is 0 Å². The van der Waals surface area contributed by atoms with E-state index in [1.165, 1.54) is 18.3 Å². The number of nitriles is 1. The van der Waals surface area contributed by atoms with Gasteiger partial charge in [0, 0.05) is 11.6 Å². The number of nitrogens with zero attached hydrogens (tertiary/aromatic N) is 6. The molecule has 3 heterocycles. The normalized spacial score (nSPS) is 11.0. The van der Waals surface area contributed by atoms with Crippen molar-refractivity contribution >= 4 is 0 Å². The van der Waals surface area contributed by atoms with Gasteiger partial charge in [-0.25, -0.2) is 18.7 Å². The van der Waals surface area contributed by atoms with Crippen molar-refractivity contribution in [2.45, 2.75) is 6.54 Å². The predicted octanol–water partition coefficient (Wildman–Crippen LogP) is 4.30. The van der Waals surface area contributed by atoms with E-state index in [1.807, 2.05) is 0 Å². The van der Waals surface area contributed by atoms with Crippen LogP contribution in [0, 0.1) is 23.0 Å². The summed E-state index contributed by atoms with van der Waals surface area (Å²) < 4.78 is 34.5. The van der Waals surface area contributed by atoms with Crippen LogP contribution in [0.1, 0.15) is 11.3 Å². The fourth-order valence-electron chi connectivity index (χ4n) is 3.14. The third kappa shape index (κ3) is 3.51. The topological polar surface area (TPSA) is 93.4 Å². The molecule has 0 spiro atoms. The maximum atomic E-state index is 14.1. The van der Waals surface area contributed by atoms with Crippen LogP contribution >= 0.6 is 0 Å². The molecule has 2 aliphatic rings. The summed E-state index contributed by atoms with van der Waals surface area (Å²) in [5, 5.41) is 17.2. The van der Waals surface area contributed by atoms with E-state index in [-0.39, 0.29) is 17.9 Å². The number of aromatic nitrogens is 5. The summed E-state index contributed by atoms with van der Waals surface area (Å²) in [6.07, 6.45) is 3.15. The quantitative estimate of drug-likeness (QED) is 0.435. The molecule has 0 unspecified atom stereocenters. The molecule has 1 aromatic heterocycles. The molecular formula is C22H12F2N6O. The van der Waals surface area contributed by atoms with E-state index in [4.69, 9.17) is 9.78 Å². The zero-order chi connectivity index (χ0) is 21.4. The molecule has 0 radical (unpaired) electrons. The van der Waals surface area contributed by atoms with Gasteiger partial charge in [0.15, 0.2) is 23.2 Å². The number of hydrogen-bond donors (Lipinski definition) is 0. The van der Waals surface area contributed by atoms with Crippen molar-refractivity contribution in [2.75, 3.05) is 0 Å². The third-order valence-electron chi connectivity index (χ3n) is 4.69. The van der Waals surface area contributed by atoms with Crippen LogP contribution in [-0.2, 0) is 6.54 Å². The second-order valence-electron chi connectivity index (χ2n) is 6.76. The predicted molar refractivity (Wildman–Crippen MR) is 106 cm³/mol. The highest BCUT2D eigenvalue weighted by atomic mass is 19.2. The van der Waals surface area contributed by atoms with E-state index in [2.05, 4.69) is 26.3 Å². The number of halogens is 2. The second kappa shape index (κ2) is 7.42. The van der Waals surface area contributed by atoms with Crippen LogP contribution in [0.2, 0.25) is 0 Å². The molecular weight excluding hydrogens is 402 g/mol. The molecule has 5 rings (SSSR count). The first kappa shape index (κ1) is 18.6. The van der Waals surface area contributed by atoms with E-state index in [0.29, 0.717) is 28.4 Å². The second-order valence-corrected chi connectivity index (χ2v) is 6.76. The Kier molecular flexibility index (Phi) is 4.45. The minimum Gasteiger partial charge on any atom is -0.359 e. The van der Waals surface area contributed by atoms with Crippen LogP contribution in [0.5, 0.6) is 0 Å². The first-order valence-corrected chi connectivity index (χ1v) is 9.21. The van der Waals surface area contributed by atoms with Gasteiger partial charge in [0.25, 0.3) is 0 Å². The lowest BCUT2D eigenvalue weighted by Gasteiger charge is -2.03. The van der Waals surface area contributed by atoms with Gasteiger partial charge in [-0.3, -0.25) is 4.68 Å². The molecule has 0 N–H and O–H groups in total. The monoisotopic (exact) mass is 414 g/mol. The highest BCUT2D eigenvalue weighted by Gasteiger charge is 2.18. The van der Waals surface area contributed by atoms with Crippen molar-refractivity contribution in [3.63, 3.8) is 0 Å². The largest absolute Gasteiger partial charge is 0.359 e. The van der Waals surface area contributed by atoms with E-state index in [9.17, 15) is 8.78 Å². The van der Waals surface area contributed by atoms with E-state index >= 15 is 0 Å². The van der Waals surface area contributed by atoms with Gasteiger partial charge in [-0.15, -0.1) is 0 Å². The van der Waals surface area contributed by atoms with Crippen LogP contribution in [0.4, 0.5) is 8.78 Å². The number of benzene rings is 2. The summed E-state index contributed by atoms with van der Waals surface area (Å²) in [5.74, 6) is -1.29. The Hall–Kier alpha value is -4.45. The zero-order valence-electron chi connectivity index (χ0n) is 15.8. The summed E-state index contributed by atoms with van der Waals surface area (Å²) in [7, 11) is 0. The summed E-state index contributed by atoms with van der Waals surface area (Å²) in [5.41, 5.74) is 2.97. The van der Waals surface area contributed by atoms with Crippen molar-refractivity contribution in [1.29, 1.82) is 5.26 Å². The molecule has 3 aromatic rings. The van der Waals surface area contributed by atoms with Gasteiger partial charge >= 0.3 is 0 Å². The Labute approximate surface area is 174 Å². The molecule has 2 aromatic carbocycles. The smallest absolute Gasteiger partial charge is 0.169 e. The average molecular weight is 414 g/mol. The number of hydrogen-bond acceptors (Lipinski definition) is 6. The SMILES string of the molecule is N#Cc1ccc(-c2cc(Cn3cc4nc(-c5cccc(F)c5F)nc-4cn3)on2)cc1. The molecule has 9 heteroatoms. The number of imidazole rings is 1. The molecule has 0 saturated heterocycles. The van der Waals surface area contributed by atoms with Crippen LogP contribution in [0.25, 0.3) is 34.0 Å². The standard InChI is InChI=1S/C22H12F2N6O/c23-17-3-1-2-16(21(17)24)22-27-19-10-26-30(12-20(19)28-22)11-15-8-18(29-31-15)14-6-4-13(9-25)5-7-14/h1-8,10,12H,11H2. The van der Waals surface area contributed by atoms with Gasteiger partial charge in [-0.1, -0.05) is 23.4 Å². The number of fused-ring (bicyclic) bond motifs is 1. The number of rotatable bonds is 4. The van der Waals surface area contributed by atoms with Crippen molar-refractivity contribution in [3.8, 4) is 40.1 Å². The summed E-state index contributed by atoms with van der Waals surface area (Å²) >= 11 is 0. The molecule has 31 heavy (non-hydrogen) atoms. The van der Waals surface area contributed by atoms with Gasteiger partial charge in [0.1, 0.15) is 23.6 Å². The molecule has 0 saturated carbocycles. The molecule has 0 atom stereocenters. The molecule has 0 bridgehead atoms. The first-order chi connectivity index (χ1) is 15.1. The summed E-state index contributed by atoms with van der Waals surface area (Å²) in [4.78, 5) is 8.54. The van der Waals surface area contributed by atoms with Gasteiger partial charge in [0.05, 0.1) is 29.6 Å². The molecule has 0 aliphatic carbocycles. The van der Waals surface area contributed by atoms with Gasteiger partial charge in [0.2, 0.25) is 0 Å². The average Bonchev–Trinajstić information content (AvgIpc) is 3.42. The summed E-state index contributed by atoms with van der Waals surface area (Å²) in [6, 6.07) is 14.7. The first-order valence-electron chi connectivity index (χ1n) is 9.21. The maximum absolute atomic E-state index is 14.1. The minimum absolute atomic E-state index is 0.00922. The Bertz CT molecular complexity index is 1400. The van der Waals surface area contributed by atoms with Crippen LogP contribution in [0.3, 0.4) is 0 Å². The highest BCUT2D eigenvalue weighted by Crippen LogP contribution is 2.27. The van der Waals surface area contributed by atoms with Crippen LogP contribution in [-0.4, -0.2) is 24.9 Å². The van der Waals surface area contributed by atoms with Crippen molar-refractivity contribution in [3.05, 3.63) is 83.9 Å². The van der Waals surface area contributed by atoms with Crippen molar-refractivity contribution < 1.29 is 13.3 Å². The molecule has 0 fully saturated rings. The Morgan fingerprint density at radius 2 is 1.81 bits per heavy atom. The van der Waals surface area contributed by atoms with E-state index < -0.39 is 11.6 Å². The fourth-order valence-corrected chi connectivity index (χ4v) is 3.14. The fraction of sp³-hybridized carbons (Fsp3) is 0.0455. The molecule has 7 nitrogen and oxygen atoms in total. The van der Waals surface area contributed by atoms with Gasteiger partial charge < -0.3 is 4.52 Å². The highest BCUT2D eigenvalue weighted by molar-refractivity contribution is 5.65. The molecule has 2 aliphatic heterocycles. The van der Waals surface area contributed by atoms with E-state index in [0.717, 1.165) is 11.6 Å². The minimum atomic E-state index is -0.990. The molecule has 150 valence electrons. The Morgan fingerprint density at radius 3 is 2.61 bits per heavy atom. The lowest BCUT2D eigenvalue weighted by molar-refractivity contribution is 0.372. The van der Waals surface area contributed by atoms with Crippen LogP contribution < -0.4 is 0 Å². The van der Waals surface area contributed by atoms with Crippen LogP contribution in [0.15, 0.2) is 65.4 Å². The van der Waals surface area contributed by atoms with Crippen molar-refractivity contribution in [1.82, 2.24) is 24.9 Å². The Balaban J connectivity index is 1.40. The molecule has 0 amide bonds. The van der Waals surface area contributed by atoms with Gasteiger partial charge in [-0.05, 0) is 24.3 Å². The Morgan fingerprint density at radius 1 is 1.00 bits per heavy atom. The van der Waals surface area contributed by atoms with E-state index in [1.54, 1.807) is 41.2 Å².